The summed E-state index contributed by atoms with van der Waals surface area (Å²) in [5.74, 6) is 0.600. The quantitative estimate of drug-likeness (QED) is 0.640. The zero-order valence-corrected chi connectivity index (χ0v) is 8.75. The number of nitrogens with one attached hydrogen (secondary N) is 1. The van der Waals surface area contributed by atoms with E-state index in [0.29, 0.717) is 15.9 Å². The summed E-state index contributed by atoms with van der Waals surface area (Å²) in [6.07, 6.45) is 1.24. The van der Waals surface area contributed by atoms with Gasteiger partial charge in [-0.15, -0.1) is 0 Å². The van der Waals surface area contributed by atoms with Gasteiger partial charge in [-0.3, -0.25) is 10.1 Å². The molecular formula is C7H8BrN3O2. The molecule has 0 radical (unpaired) electrons. The first-order chi connectivity index (χ1) is 6.07. The minimum atomic E-state index is -0.452. The van der Waals surface area contributed by atoms with Gasteiger partial charge in [0.25, 0.3) is 5.69 Å². The van der Waals surface area contributed by atoms with Crippen LogP contribution >= 0.6 is 15.9 Å². The molecule has 70 valence electrons. The average Bonchev–Trinajstić information content (AvgIpc) is 2.09. The molecule has 1 aromatic heterocycles. The summed E-state index contributed by atoms with van der Waals surface area (Å²) in [5.41, 5.74) is 0.593. The predicted octanol–water partition coefficient (Wildman–Crippen LogP) is 2.10. The molecule has 13 heavy (non-hydrogen) atoms. The number of aromatic nitrogens is 1. The molecular weight excluding hydrogens is 238 g/mol. The molecule has 1 rings (SSSR count). The van der Waals surface area contributed by atoms with Crippen LogP contribution in [0.3, 0.4) is 0 Å². The second kappa shape index (κ2) is 3.69. The fourth-order valence-electron chi connectivity index (χ4n) is 0.928. The third-order valence-electron chi connectivity index (χ3n) is 1.67. The van der Waals surface area contributed by atoms with Gasteiger partial charge in [0.1, 0.15) is 12.0 Å². The number of nitrogens with zero attached hydrogens (tertiary/aromatic N) is 2. The van der Waals surface area contributed by atoms with Gasteiger partial charge in [-0.05, 0) is 22.9 Å². The second-order valence-corrected chi connectivity index (χ2v) is 3.23. The molecule has 0 fully saturated rings. The van der Waals surface area contributed by atoms with Crippen molar-refractivity contribution in [3.05, 3.63) is 26.3 Å². The molecule has 6 heteroatoms. The highest BCUT2D eigenvalue weighted by Crippen LogP contribution is 2.29. The van der Waals surface area contributed by atoms with E-state index in [-0.39, 0.29) is 5.69 Å². The summed E-state index contributed by atoms with van der Waals surface area (Å²) < 4.78 is 0.629. The van der Waals surface area contributed by atoms with Gasteiger partial charge in [-0.25, -0.2) is 4.98 Å². The van der Waals surface area contributed by atoms with Crippen molar-refractivity contribution < 1.29 is 4.92 Å². The van der Waals surface area contributed by atoms with E-state index in [1.165, 1.54) is 6.20 Å². The third-order valence-corrected chi connectivity index (χ3v) is 2.64. The molecule has 0 aliphatic rings. The molecule has 0 aliphatic heterocycles. The van der Waals surface area contributed by atoms with Gasteiger partial charge in [-0.1, -0.05) is 0 Å². The van der Waals surface area contributed by atoms with Gasteiger partial charge in [0.05, 0.1) is 9.40 Å². The molecule has 0 aromatic carbocycles. The van der Waals surface area contributed by atoms with E-state index >= 15 is 0 Å². The molecule has 1 aromatic rings. The van der Waals surface area contributed by atoms with Gasteiger partial charge in [-0.2, -0.15) is 0 Å². The van der Waals surface area contributed by atoms with Crippen LogP contribution in [0.15, 0.2) is 10.7 Å². The van der Waals surface area contributed by atoms with Crippen molar-refractivity contribution >= 4 is 27.4 Å². The van der Waals surface area contributed by atoms with Crippen LogP contribution in [0.4, 0.5) is 11.5 Å². The maximum atomic E-state index is 10.5. The normalized spacial score (nSPS) is 9.77. The lowest BCUT2D eigenvalue weighted by atomic mass is 10.2. The van der Waals surface area contributed by atoms with Crippen molar-refractivity contribution in [2.75, 3.05) is 12.4 Å². The predicted molar refractivity (Wildman–Crippen MR) is 52.9 cm³/mol. The van der Waals surface area contributed by atoms with Crippen molar-refractivity contribution in [1.29, 1.82) is 0 Å². The van der Waals surface area contributed by atoms with Crippen LogP contribution in [0.2, 0.25) is 0 Å². The summed E-state index contributed by atoms with van der Waals surface area (Å²) in [6, 6.07) is 0. The Bertz CT molecular complexity index is 354. The molecule has 0 amide bonds. The number of halogens is 1. The van der Waals surface area contributed by atoms with Crippen molar-refractivity contribution in [3.8, 4) is 0 Å². The van der Waals surface area contributed by atoms with Crippen LogP contribution < -0.4 is 5.32 Å². The third kappa shape index (κ3) is 1.77. The Morgan fingerprint density at radius 1 is 1.69 bits per heavy atom. The molecule has 0 saturated carbocycles. The van der Waals surface area contributed by atoms with Crippen LogP contribution in [0, 0.1) is 17.0 Å². The number of nitro groups is 1. The summed E-state index contributed by atoms with van der Waals surface area (Å²) in [7, 11) is 1.71. The average molecular weight is 246 g/mol. The van der Waals surface area contributed by atoms with E-state index in [1.54, 1.807) is 14.0 Å². The molecule has 0 aliphatic carbocycles. The Morgan fingerprint density at radius 3 is 2.77 bits per heavy atom. The number of hydrogen-bond donors (Lipinski definition) is 1. The summed E-state index contributed by atoms with van der Waals surface area (Å²) in [5, 5.41) is 13.3. The Kier molecular flexibility index (Phi) is 2.82. The zero-order chi connectivity index (χ0) is 10.0. The van der Waals surface area contributed by atoms with Crippen molar-refractivity contribution in [2.24, 2.45) is 0 Å². The van der Waals surface area contributed by atoms with Gasteiger partial charge in [0.2, 0.25) is 0 Å². The fraction of sp³-hybridized carbons (Fsp3) is 0.286. The largest absolute Gasteiger partial charge is 0.372 e. The summed E-state index contributed by atoms with van der Waals surface area (Å²) in [6.45, 7) is 1.67. The van der Waals surface area contributed by atoms with Gasteiger partial charge in [0, 0.05) is 12.6 Å². The van der Waals surface area contributed by atoms with Gasteiger partial charge >= 0.3 is 0 Å². The Hall–Kier alpha value is -1.17. The Labute approximate surface area is 83.5 Å². The van der Waals surface area contributed by atoms with E-state index in [0.717, 1.165) is 0 Å². The number of pyridine rings is 1. The van der Waals surface area contributed by atoms with E-state index in [4.69, 9.17) is 0 Å². The smallest absolute Gasteiger partial charge is 0.291 e. The Balaban J connectivity index is 3.31. The lowest BCUT2D eigenvalue weighted by Crippen LogP contribution is -1.99. The van der Waals surface area contributed by atoms with Crippen LogP contribution in [0.1, 0.15) is 5.56 Å². The van der Waals surface area contributed by atoms with Gasteiger partial charge in [0.15, 0.2) is 0 Å². The zero-order valence-electron chi connectivity index (χ0n) is 7.17. The fourth-order valence-corrected chi connectivity index (χ4v) is 1.43. The number of anilines is 1. The van der Waals surface area contributed by atoms with Crippen molar-refractivity contribution in [2.45, 2.75) is 6.92 Å². The SMILES string of the molecule is CNc1ncc([N+](=O)[O-])c(C)c1Br. The number of rotatable bonds is 2. The van der Waals surface area contributed by atoms with E-state index in [1.807, 2.05) is 0 Å². The van der Waals surface area contributed by atoms with Crippen molar-refractivity contribution in [3.63, 3.8) is 0 Å². The number of hydrogen-bond acceptors (Lipinski definition) is 4. The van der Waals surface area contributed by atoms with Crippen molar-refractivity contribution in [1.82, 2.24) is 4.98 Å². The monoisotopic (exact) mass is 245 g/mol. The molecule has 0 saturated heterocycles. The summed E-state index contributed by atoms with van der Waals surface area (Å²) >= 11 is 3.23. The molecule has 1 N–H and O–H groups in total. The van der Waals surface area contributed by atoms with Crippen LogP contribution in [0.25, 0.3) is 0 Å². The molecule has 0 bridgehead atoms. The Morgan fingerprint density at radius 2 is 2.31 bits per heavy atom. The minimum absolute atomic E-state index is 0.0193. The van der Waals surface area contributed by atoms with Crippen LogP contribution in [-0.2, 0) is 0 Å². The van der Waals surface area contributed by atoms with Gasteiger partial charge < -0.3 is 5.32 Å². The minimum Gasteiger partial charge on any atom is -0.372 e. The molecule has 0 spiro atoms. The molecule has 1 heterocycles. The highest BCUT2D eigenvalue weighted by Gasteiger charge is 2.15. The maximum absolute atomic E-state index is 10.5. The first-order valence-corrected chi connectivity index (χ1v) is 4.34. The standard InChI is InChI=1S/C7H8BrN3O2/c1-4-5(11(12)13)3-10-7(9-2)6(4)8/h3H,1-2H3,(H,9,10). The van der Waals surface area contributed by atoms with Crippen LogP contribution in [0.5, 0.6) is 0 Å². The lowest BCUT2D eigenvalue weighted by Gasteiger charge is -2.04. The highest BCUT2D eigenvalue weighted by atomic mass is 79.9. The topological polar surface area (TPSA) is 68.1 Å². The highest BCUT2D eigenvalue weighted by molar-refractivity contribution is 9.10. The first kappa shape index (κ1) is 9.91. The second-order valence-electron chi connectivity index (χ2n) is 2.44. The van der Waals surface area contributed by atoms with E-state index in [2.05, 4.69) is 26.2 Å². The molecule has 0 atom stereocenters. The van der Waals surface area contributed by atoms with Crippen LogP contribution in [-0.4, -0.2) is 17.0 Å². The van der Waals surface area contributed by atoms with E-state index in [9.17, 15) is 10.1 Å². The first-order valence-electron chi connectivity index (χ1n) is 3.55. The van der Waals surface area contributed by atoms with E-state index < -0.39 is 4.92 Å². The molecule has 5 nitrogen and oxygen atoms in total. The molecule has 0 unspecified atom stereocenters. The lowest BCUT2D eigenvalue weighted by molar-refractivity contribution is -0.385. The maximum Gasteiger partial charge on any atom is 0.291 e. The summed E-state index contributed by atoms with van der Waals surface area (Å²) in [4.78, 5) is 13.9.